The summed E-state index contributed by atoms with van der Waals surface area (Å²) in [7, 11) is -8.90. The maximum atomic E-state index is 12.7. The number of fused-ring (bicyclic) bond motifs is 2. The number of hydrogen-bond donors (Lipinski definition) is 4. The molecule has 0 saturated heterocycles. The molecule has 0 radical (unpaired) electrons. The third-order valence-corrected chi connectivity index (χ3v) is 8.64. The van der Waals surface area contributed by atoms with E-state index in [1.165, 1.54) is 24.3 Å². The van der Waals surface area contributed by atoms with Crippen molar-refractivity contribution in [3.8, 4) is 23.5 Å². The Hall–Kier alpha value is -4.30. The van der Waals surface area contributed by atoms with Crippen LogP contribution in [0.4, 0.5) is 0 Å². The molecule has 0 saturated carbocycles. The van der Waals surface area contributed by atoms with Crippen molar-refractivity contribution in [2.24, 2.45) is 0 Å². The SMILES string of the molecule is Cc1ccc(S(=O)(=O)On2c(O)c3c(c2O)Cc2c(c(O)n(OS(=O)(=O)c4ccc(C)cc4)c2O)C3)cc1. The topological polar surface area (TPSA) is 178 Å². The molecule has 14 heteroatoms. The van der Waals surface area contributed by atoms with Crippen LogP contribution in [0.5, 0.6) is 23.5 Å². The van der Waals surface area contributed by atoms with Crippen molar-refractivity contribution in [3.05, 3.63) is 81.9 Å². The number of benzene rings is 2. The Morgan fingerprint density at radius 1 is 0.553 bits per heavy atom. The van der Waals surface area contributed by atoms with Crippen LogP contribution in [0.2, 0.25) is 0 Å². The van der Waals surface area contributed by atoms with Crippen LogP contribution in [-0.2, 0) is 33.1 Å². The van der Waals surface area contributed by atoms with E-state index in [0.717, 1.165) is 11.1 Å². The van der Waals surface area contributed by atoms with Crippen LogP contribution in [-0.4, -0.2) is 46.7 Å². The van der Waals surface area contributed by atoms with Crippen LogP contribution in [0.1, 0.15) is 33.4 Å². The van der Waals surface area contributed by atoms with Gasteiger partial charge < -0.3 is 20.4 Å². The van der Waals surface area contributed by atoms with Gasteiger partial charge in [-0.2, -0.15) is 16.8 Å². The Bertz CT molecular complexity index is 1600. The van der Waals surface area contributed by atoms with Crippen molar-refractivity contribution in [2.45, 2.75) is 36.5 Å². The van der Waals surface area contributed by atoms with E-state index in [1.54, 1.807) is 38.1 Å². The predicted molar refractivity (Wildman–Crippen MR) is 131 cm³/mol. The van der Waals surface area contributed by atoms with Gasteiger partial charge in [-0.25, -0.2) is 0 Å². The molecule has 2 heterocycles. The quantitative estimate of drug-likeness (QED) is 0.239. The fraction of sp³-hybridized carbons (Fsp3) is 0.167. The van der Waals surface area contributed by atoms with Gasteiger partial charge in [0.05, 0.1) is 0 Å². The molecular formula is C24H22N2O10S2. The minimum absolute atomic E-state index is 0.00273. The van der Waals surface area contributed by atoms with Gasteiger partial charge in [-0.1, -0.05) is 44.9 Å². The van der Waals surface area contributed by atoms with Crippen molar-refractivity contribution >= 4 is 20.2 Å². The minimum atomic E-state index is -4.45. The van der Waals surface area contributed by atoms with E-state index in [4.69, 9.17) is 8.57 Å². The summed E-state index contributed by atoms with van der Waals surface area (Å²) in [5, 5.41) is 42.8. The summed E-state index contributed by atoms with van der Waals surface area (Å²) in [6, 6.07) is 11.4. The Morgan fingerprint density at radius 2 is 0.816 bits per heavy atom. The molecule has 0 unspecified atom stereocenters. The van der Waals surface area contributed by atoms with Crippen molar-refractivity contribution in [1.29, 1.82) is 0 Å². The van der Waals surface area contributed by atoms with E-state index in [2.05, 4.69) is 0 Å². The first-order valence-electron chi connectivity index (χ1n) is 11.1. The summed E-state index contributed by atoms with van der Waals surface area (Å²) in [4.78, 5) is -0.428. The first-order chi connectivity index (χ1) is 17.8. The summed E-state index contributed by atoms with van der Waals surface area (Å²) in [6.45, 7) is 3.54. The van der Waals surface area contributed by atoms with Crippen molar-refractivity contribution in [3.63, 3.8) is 0 Å². The number of nitrogens with zero attached hydrogens (tertiary/aromatic N) is 2. The first kappa shape index (κ1) is 25.4. The number of rotatable bonds is 6. The Balaban J connectivity index is 1.48. The summed E-state index contributed by atoms with van der Waals surface area (Å²) in [5.74, 6) is -3.00. The molecule has 4 aromatic rings. The lowest BCUT2D eigenvalue weighted by Crippen LogP contribution is -2.20. The van der Waals surface area contributed by atoms with Crippen LogP contribution in [0, 0.1) is 13.8 Å². The van der Waals surface area contributed by atoms with Crippen LogP contribution in [0.25, 0.3) is 0 Å². The highest BCUT2D eigenvalue weighted by Gasteiger charge is 2.37. The molecule has 1 aliphatic rings. The average molecular weight is 563 g/mol. The zero-order valence-corrected chi connectivity index (χ0v) is 21.6. The lowest BCUT2D eigenvalue weighted by Gasteiger charge is -2.11. The maximum Gasteiger partial charge on any atom is 0.357 e. The molecule has 2 aromatic carbocycles. The van der Waals surface area contributed by atoms with Gasteiger partial charge in [0.25, 0.3) is 0 Å². The number of aromatic hydroxyl groups is 4. The zero-order chi connectivity index (χ0) is 27.6. The fourth-order valence-corrected chi connectivity index (χ4v) is 5.95. The number of hydrogen-bond acceptors (Lipinski definition) is 10. The molecule has 12 nitrogen and oxygen atoms in total. The molecular weight excluding hydrogens is 540 g/mol. The van der Waals surface area contributed by atoms with Gasteiger partial charge in [0.15, 0.2) is 0 Å². The normalized spacial score (nSPS) is 13.1. The fourth-order valence-electron chi connectivity index (χ4n) is 4.16. The molecule has 4 N–H and O–H groups in total. The maximum absolute atomic E-state index is 12.7. The molecule has 0 amide bonds. The molecule has 0 aliphatic heterocycles. The van der Waals surface area contributed by atoms with Gasteiger partial charge in [-0.15, -0.1) is 0 Å². The van der Waals surface area contributed by atoms with Gasteiger partial charge in [0, 0.05) is 35.1 Å². The standard InChI is InChI=1S/C24H22N2O10S2/c1-13-3-7-15(8-4-13)37(31,32)35-25-21(27)17-11-19-20(12-18(17)22(25)28)24(30)26(23(19)29)36-38(33,34)16-9-5-14(2)6-10-16/h3-10,27-30H,11-12H2,1-2H3. The predicted octanol–water partition coefficient (Wildman–Crippen LogP) is 1.86. The number of aromatic nitrogens is 2. The second-order valence-corrected chi connectivity index (χ2v) is 11.9. The smallest absolute Gasteiger partial charge is 0.357 e. The molecule has 5 rings (SSSR count). The molecule has 0 atom stereocenters. The molecule has 2 aromatic heterocycles. The first-order valence-corrected chi connectivity index (χ1v) is 13.9. The van der Waals surface area contributed by atoms with Crippen LogP contribution < -0.4 is 8.57 Å². The highest BCUT2D eigenvalue weighted by atomic mass is 32.2. The molecule has 38 heavy (non-hydrogen) atoms. The van der Waals surface area contributed by atoms with E-state index in [1.807, 2.05) is 0 Å². The lowest BCUT2D eigenvalue weighted by atomic mass is 9.90. The van der Waals surface area contributed by atoms with Gasteiger partial charge in [-0.05, 0) is 38.1 Å². The summed E-state index contributed by atoms with van der Waals surface area (Å²) < 4.78 is 61.4. The molecule has 0 spiro atoms. The van der Waals surface area contributed by atoms with Gasteiger partial charge in [-0.3, -0.25) is 8.57 Å². The second kappa shape index (κ2) is 8.63. The summed E-state index contributed by atoms with van der Waals surface area (Å²) in [5.41, 5.74) is 1.63. The second-order valence-electron chi connectivity index (χ2n) is 8.83. The van der Waals surface area contributed by atoms with E-state index >= 15 is 0 Å². The summed E-state index contributed by atoms with van der Waals surface area (Å²) in [6.07, 6.45) is -0.628. The molecule has 0 bridgehead atoms. The van der Waals surface area contributed by atoms with Crippen molar-refractivity contribution < 1.29 is 45.8 Å². The van der Waals surface area contributed by atoms with Crippen molar-refractivity contribution in [2.75, 3.05) is 0 Å². The van der Waals surface area contributed by atoms with E-state index < -0.39 is 43.8 Å². The van der Waals surface area contributed by atoms with E-state index in [0.29, 0.717) is 9.46 Å². The average Bonchev–Trinajstić information content (AvgIpc) is 3.23. The Kier molecular flexibility index (Phi) is 5.76. The third kappa shape index (κ3) is 4.07. The van der Waals surface area contributed by atoms with Crippen LogP contribution in [0.15, 0.2) is 58.3 Å². The lowest BCUT2D eigenvalue weighted by molar-refractivity contribution is 0.200. The third-order valence-electron chi connectivity index (χ3n) is 6.25. The minimum Gasteiger partial charge on any atom is -0.492 e. The molecule has 1 aliphatic carbocycles. The van der Waals surface area contributed by atoms with E-state index in [-0.39, 0.29) is 44.9 Å². The van der Waals surface area contributed by atoms with E-state index in [9.17, 15) is 37.3 Å². The highest BCUT2D eigenvalue weighted by Crippen LogP contribution is 2.46. The molecule has 0 fully saturated rings. The van der Waals surface area contributed by atoms with Crippen LogP contribution >= 0.6 is 0 Å². The van der Waals surface area contributed by atoms with Gasteiger partial charge in [0.1, 0.15) is 9.79 Å². The zero-order valence-electron chi connectivity index (χ0n) is 20.0. The summed E-state index contributed by atoms with van der Waals surface area (Å²) >= 11 is 0. The monoisotopic (exact) mass is 562 g/mol. The van der Waals surface area contributed by atoms with Gasteiger partial charge in [0.2, 0.25) is 23.5 Å². The van der Waals surface area contributed by atoms with Gasteiger partial charge >= 0.3 is 20.2 Å². The molecule has 200 valence electrons. The van der Waals surface area contributed by atoms with Crippen LogP contribution in [0.3, 0.4) is 0 Å². The Morgan fingerprint density at radius 3 is 1.08 bits per heavy atom. The highest BCUT2D eigenvalue weighted by molar-refractivity contribution is 7.87. The number of aryl methyl sites for hydroxylation is 2. The Labute approximate surface area is 217 Å². The largest absolute Gasteiger partial charge is 0.492 e. The van der Waals surface area contributed by atoms with Crippen molar-refractivity contribution in [1.82, 2.24) is 9.46 Å².